The third-order valence-corrected chi connectivity index (χ3v) is 10.8. The molecule has 0 spiro atoms. The molecule has 2 heterocycles. The summed E-state index contributed by atoms with van der Waals surface area (Å²) < 4.78 is 12.1. The van der Waals surface area contributed by atoms with Crippen molar-refractivity contribution in [3.8, 4) is 11.5 Å². The average Bonchev–Trinajstić information content (AvgIpc) is 3.46. The number of carbonyl (C=O) groups excluding carboxylic acids is 4. The Morgan fingerprint density at radius 3 is 2.45 bits per heavy atom. The Kier molecular flexibility index (Phi) is 12.8. The lowest BCUT2D eigenvalue weighted by atomic mass is 9.71. The van der Waals surface area contributed by atoms with Gasteiger partial charge in [0, 0.05) is 72.6 Å². The van der Waals surface area contributed by atoms with Crippen LogP contribution < -0.4 is 11.2 Å². The molecule has 0 saturated carbocycles. The minimum atomic E-state index is -2.14. The second-order valence-corrected chi connectivity index (χ2v) is 14.4. The predicted octanol–water partition coefficient (Wildman–Crippen LogP) is 1.16. The van der Waals surface area contributed by atoms with E-state index in [1.54, 1.807) is 17.9 Å². The summed E-state index contributed by atoms with van der Waals surface area (Å²) in [7, 11) is 0. The molecule has 0 aromatic heterocycles. The van der Waals surface area contributed by atoms with Gasteiger partial charge < -0.3 is 50.7 Å². The molecular formula is C38H47ClN4O12. The van der Waals surface area contributed by atoms with Gasteiger partial charge in [0.15, 0.2) is 17.9 Å². The lowest BCUT2D eigenvalue weighted by Crippen LogP contribution is -2.53. The summed E-state index contributed by atoms with van der Waals surface area (Å²) in [5, 5.41) is 70.5. The number of unbranched alkanes of at least 4 members (excludes halogenated alkanes) is 2. The van der Waals surface area contributed by atoms with Gasteiger partial charge in [0.1, 0.15) is 17.1 Å². The molecule has 0 bridgehead atoms. The number of hydrazone groups is 1. The average molecular weight is 787 g/mol. The number of hydrogen-bond donors (Lipinski definition) is 8. The molecule has 2 amide bonds. The molecule has 2 unspecified atom stereocenters. The number of rotatable bonds is 12. The van der Waals surface area contributed by atoms with E-state index in [4.69, 9.17) is 15.2 Å². The van der Waals surface area contributed by atoms with Gasteiger partial charge in [-0.05, 0) is 32.3 Å². The molecule has 6 rings (SSSR count). The first-order valence-electron chi connectivity index (χ1n) is 18.1. The normalized spacial score (nSPS) is 27.4. The number of phenols is 2. The van der Waals surface area contributed by atoms with Gasteiger partial charge in [0.2, 0.25) is 11.8 Å². The molecule has 0 radical (unpaired) electrons. The maximum absolute atomic E-state index is 13.9. The van der Waals surface area contributed by atoms with Crippen LogP contribution in [0.3, 0.4) is 0 Å². The molecule has 16 nitrogen and oxygen atoms in total. The third kappa shape index (κ3) is 7.91. The van der Waals surface area contributed by atoms with Gasteiger partial charge in [-0.2, -0.15) is 5.10 Å². The van der Waals surface area contributed by atoms with Crippen LogP contribution in [0.4, 0.5) is 0 Å². The van der Waals surface area contributed by atoms with E-state index in [0.717, 1.165) is 0 Å². The number of halogens is 1. The molecule has 2 aromatic rings. The molecule has 4 aliphatic rings. The second-order valence-electron chi connectivity index (χ2n) is 14.4. The van der Waals surface area contributed by atoms with Crippen LogP contribution >= 0.6 is 12.4 Å². The molecule has 9 N–H and O–H groups in total. The number of benzene rings is 2. The fourth-order valence-corrected chi connectivity index (χ4v) is 7.83. The number of nitrogens with zero attached hydrogens (tertiary/aromatic N) is 2. The Balaban J connectivity index is 0.00000580. The Bertz CT molecular complexity index is 1910. The molecule has 1 fully saturated rings. The van der Waals surface area contributed by atoms with Crippen LogP contribution in [-0.2, 0) is 32.1 Å². The Labute approximate surface area is 323 Å². The van der Waals surface area contributed by atoms with Crippen molar-refractivity contribution < 1.29 is 59.3 Å². The van der Waals surface area contributed by atoms with E-state index < -0.39 is 102 Å². The number of aliphatic hydroxyl groups is 4. The van der Waals surface area contributed by atoms with Gasteiger partial charge in [0.25, 0.3) is 0 Å². The van der Waals surface area contributed by atoms with Crippen molar-refractivity contribution in [1.29, 1.82) is 0 Å². The van der Waals surface area contributed by atoms with Crippen molar-refractivity contribution in [1.82, 2.24) is 10.3 Å². The maximum atomic E-state index is 13.9. The number of fused-ring (bicyclic) bond motifs is 3. The van der Waals surface area contributed by atoms with Crippen molar-refractivity contribution in [3.05, 3.63) is 69.3 Å². The summed E-state index contributed by atoms with van der Waals surface area (Å²) in [6, 6.07) is 3.54. The smallest absolute Gasteiger partial charge is 0.246 e. The number of ketones is 2. The molecular weight excluding hydrogens is 740 g/mol. The van der Waals surface area contributed by atoms with Gasteiger partial charge >= 0.3 is 0 Å². The quantitative estimate of drug-likeness (QED) is 0.0556. The summed E-state index contributed by atoms with van der Waals surface area (Å²) in [6.45, 7) is 2.63. The first-order chi connectivity index (χ1) is 25.7. The van der Waals surface area contributed by atoms with Crippen LogP contribution in [0.1, 0.15) is 107 Å². The van der Waals surface area contributed by atoms with E-state index in [1.165, 1.54) is 18.2 Å². The largest absolute Gasteiger partial charge is 0.507 e. The van der Waals surface area contributed by atoms with E-state index in [2.05, 4.69) is 10.5 Å². The standard InChI is InChI=1S/C38H46N4O12.ClH/c1-18-10-11-27(46)42(18)12-5-3-4-9-26(45)41-40-25(17-44)38(52)14-22-30(24(15-38)54-28-13-23(39)33(47)19(2)53-28)37(51)32-31(35(22)49)34(48)21-8-6-7-20(16-43)29(21)36(32)50;/h6-8,10-11,18-19,23-24,28,33,43-44,47,49,51-52H,3-5,9,12-17,39H2,1-2H3,(H,41,45);1H/b40-25+;/t18?,19?,23-,24+,28+,33+,38+;/m1./s1. The highest BCUT2D eigenvalue weighted by molar-refractivity contribution is 6.31. The minimum absolute atomic E-state index is 0. The number of carbonyl (C=O) groups is 4. The van der Waals surface area contributed by atoms with Crippen LogP contribution in [0, 0.1) is 0 Å². The first kappa shape index (κ1) is 41.9. The number of nitrogens with one attached hydrogen (secondary N) is 1. The van der Waals surface area contributed by atoms with Gasteiger partial charge in [-0.3, -0.25) is 19.2 Å². The molecule has 2 aliphatic carbocycles. The van der Waals surface area contributed by atoms with Gasteiger partial charge in [-0.15, -0.1) is 12.4 Å². The molecule has 2 aliphatic heterocycles. The molecule has 17 heteroatoms. The second kappa shape index (κ2) is 16.9. The van der Waals surface area contributed by atoms with E-state index in [0.29, 0.717) is 25.8 Å². The highest BCUT2D eigenvalue weighted by atomic mass is 35.5. The number of nitrogens with two attached hydrogens (primary N) is 1. The minimum Gasteiger partial charge on any atom is -0.507 e. The van der Waals surface area contributed by atoms with E-state index >= 15 is 0 Å². The van der Waals surface area contributed by atoms with Gasteiger partial charge in [0.05, 0.1) is 48.4 Å². The Morgan fingerprint density at radius 1 is 1.07 bits per heavy atom. The monoisotopic (exact) mass is 786 g/mol. The molecule has 55 heavy (non-hydrogen) atoms. The van der Waals surface area contributed by atoms with Crippen molar-refractivity contribution in [2.45, 2.75) is 108 Å². The molecule has 1 saturated heterocycles. The molecule has 298 valence electrons. The zero-order valence-corrected chi connectivity index (χ0v) is 31.3. The van der Waals surface area contributed by atoms with Crippen LogP contribution in [0.5, 0.6) is 11.5 Å². The third-order valence-electron chi connectivity index (χ3n) is 10.8. The van der Waals surface area contributed by atoms with Crippen LogP contribution in [-0.4, -0.2) is 114 Å². The SMILES string of the molecule is CC1O[C@@H](O[C@H]2C[C@](O)(/C(CO)=N/NC(=O)CCCCCN3C(=O)C=CC3C)Cc3c(O)c4c(c(O)c32)C(=O)c2c(CO)cccc2C4=O)C[C@@H](N)[C@H]1O.Cl. The van der Waals surface area contributed by atoms with E-state index in [9.17, 15) is 49.8 Å². The molecule has 2 aromatic carbocycles. The number of aromatic hydroxyl groups is 2. The van der Waals surface area contributed by atoms with Crippen molar-refractivity contribution in [2.75, 3.05) is 13.2 Å². The van der Waals surface area contributed by atoms with Crippen molar-refractivity contribution >= 4 is 41.5 Å². The van der Waals surface area contributed by atoms with Gasteiger partial charge in [-0.1, -0.05) is 30.7 Å². The Hall–Kier alpha value is -4.26. The van der Waals surface area contributed by atoms with Gasteiger partial charge in [-0.25, -0.2) is 5.43 Å². The van der Waals surface area contributed by atoms with E-state index in [1.807, 2.05) is 13.0 Å². The first-order valence-corrected chi connectivity index (χ1v) is 18.1. The number of hydrogen-bond acceptors (Lipinski definition) is 14. The fourth-order valence-electron chi connectivity index (χ4n) is 7.83. The Morgan fingerprint density at radius 2 is 1.80 bits per heavy atom. The zero-order chi connectivity index (χ0) is 39.1. The summed E-state index contributed by atoms with van der Waals surface area (Å²) in [5.41, 5.74) is 4.65. The summed E-state index contributed by atoms with van der Waals surface area (Å²) >= 11 is 0. The highest BCUT2D eigenvalue weighted by Crippen LogP contribution is 2.52. The summed E-state index contributed by atoms with van der Waals surface area (Å²) in [6.07, 6.45) is 0.0204. The lowest BCUT2D eigenvalue weighted by molar-refractivity contribution is -0.245. The number of ether oxygens (including phenoxy) is 2. The van der Waals surface area contributed by atoms with Crippen molar-refractivity contribution in [3.63, 3.8) is 0 Å². The van der Waals surface area contributed by atoms with Crippen LogP contribution in [0.25, 0.3) is 0 Å². The lowest BCUT2D eigenvalue weighted by Gasteiger charge is -2.43. The predicted molar refractivity (Wildman–Crippen MR) is 198 cm³/mol. The highest BCUT2D eigenvalue weighted by Gasteiger charge is 2.49. The summed E-state index contributed by atoms with van der Waals surface area (Å²) in [5.74, 6) is -3.57. The maximum Gasteiger partial charge on any atom is 0.246 e. The van der Waals surface area contributed by atoms with Crippen molar-refractivity contribution in [2.24, 2.45) is 10.8 Å². The summed E-state index contributed by atoms with van der Waals surface area (Å²) in [4.78, 5) is 54.2. The van der Waals surface area contributed by atoms with Crippen LogP contribution in [0.2, 0.25) is 0 Å². The number of aliphatic hydroxyl groups excluding tert-OH is 3. The zero-order valence-electron chi connectivity index (χ0n) is 30.4. The molecule has 7 atom stereocenters. The van der Waals surface area contributed by atoms with Crippen LogP contribution in [0.15, 0.2) is 35.5 Å². The fraction of sp³-hybridized carbons (Fsp3) is 0.500. The topological polar surface area (TPSA) is 262 Å². The number of amides is 2. The van der Waals surface area contributed by atoms with E-state index in [-0.39, 0.29) is 70.7 Å². The number of phenolic OH excluding ortho intramolecular Hbond substituents is 2.